The SMILES string of the molecule is COC(=O)C1(Nc2ccccc2OC)CCCC(OC)C1. The van der Waals surface area contributed by atoms with Crippen LogP contribution in [-0.4, -0.2) is 38.9 Å². The first kappa shape index (κ1) is 15.6. The zero-order valence-electron chi connectivity index (χ0n) is 12.8. The summed E-state index contributed by atoms with van der Waals surface area (Å²) in [5.74, 6) is 0.454. The van der Waals surface area contributed by atoms with Crippen molar-refractivity contribution in [3.05, 3.63) is 24.3 Å². The van der Waals surface area contributed by atoms with Crippen LogP contribution >= 0.6 is 0 Å². The van der Waals surface area contributed by atoms with E-state index >= 15 is 0 Å². The Hall–Kier alpha value is -1.75. The second-order valence-electron chi connectivity index (χ2n) is 5.35. The van der Waals surface area contributed by atoms with Crippen molar-refractivity contribution in [2.24, 2.45) is 0 Å². The molecular weight excluding hydrogens is 270 g/mol. The largest absolute Gasteiger partial charge is 0.495 e. The van der Waals surface area contributed by atoms with Crippen molar-refractivity contribution in [2.45, 2.75) is 37.3 Å². The van der Waals surface area contributed by atoms with Crippen LogP contribution in [0.15, 0.2) is 24.3 Å². The lowest BCUT2D eigenvalue weighted by Crippen LogP contribution is -2.52. The molecule has 1 N–H and O–H groups in total. The molecule has 1 aliphatic carbocycles. The molecule has 2 unspecified atom stereocenters. The topological polar surface area (TPSA) is 56.8 Å². The molecule has 0 amide bonds. The van der Waals surface area contributed by atoms with E-state index in [1.165, 1.54) is 7.11 Å². The van der Waals surface area contributed by atoms with Crippen LogP contribution in [0.25, 0.3) is 0 Å². The fourth-order valence-electron chi connectivity index (χ4n) is 2.98. The summed E-state index contributed by atoms with van der Waals surface area (Å²) in [5.41, 5.74) is 0.0321. The summed E-state index contributed by atoms with van der Waals surface area (Å²) < 4.78 is 15.8. The highest BCUT2D eigenvalue weighted by molar-refractivity contribution is 5.85. The standard InChI is InChI=1S/C16H23NO4/c1-19-12-7-6-10-16(11-12,15(18)21-3)17-13-8-4-5-9-14(13)20-2/h4-5,8-9,12,17H,6-7,10-11H2,1-3H3. The van der Waals surface area contributed by atoms with Crippen LogP contribution in [0.3, 0.4) is 0 Å². The Morgan fingerprint density at radius 3 is 2.71 bits per heavy atom. The maximum absolute atomic E-state index is 12.4. The number of esters is 1. The monoisotopic (exact) mass is 293 g/mol. The molecule has 116 valence electrons. The molecule has 0 aliphatic heterocycles. The molecule has 1 aromatic carbocycles. The molecular formula is C16H23NO4. The van der Waals surface area contributed by atoms with Gasteiger partial charge in [-0.2, -0.15) is 0 Å². The quantitative estimate of drug-likeness (QED) is 0.846. The second kappa shape index (κ2) is 6.80. The van der Waals surface area contributed by atoms with Crippen molar-refractivity contribution in [1.82, 2.24) is 0 Å². The summed E-state index contributed by atoms with van der Waals surface area (Å²) in [4.78, 5) is 12.4. The summed E-state index contributed by atoms with van der Waals surface area (Å²) in [6, 6.07) is 7.57. The molecule has 0 saturated heterocycles. The minimum Gasteiger partial charge on any atom is -0.495 e. The molecule has 0 bridgehead atoms. The van der Waals surface area contributed by atoms with Gasteiger partial charge in [-0.1, -0.05) is 12.1 Å². The number of carbonyl (C=O) groups is 1. The molecule has 1 aliphatic rings. The Morgan fingerprint density at radius 1 is 1.29 bits per heavy atom. The summed E-state index contributed by atoms with van der Waals surface area (Å²) in [6.45, 7) is 0. The van der Waals surface area contributed by atoms with Gasteiger partial charge in [0.1, 0.15) is 11.3 Å². The van der Waals surface area contributed by atoms with Gasteiger partial charge in [0.05, 0.1) is 26.0 Å². The van der Waals surface area contributed by atoms with Crippen molar-refractivity contribution in [3.8, 4) is 5.75 Å². The number of anilines is 1. The lowest BCUT2D eigenvalue weighted by molar-refractivity contribution is -0.149. The van der Waals surface area contributed by atoms with Gasteiger partial charge in [0.25, 0.3) is 0 Å². The molecule has 0 radical (unpaired) electrons. The van der Waals surface area contributed by atoms with Crippen LogP contribution < -0.4 is 10.1 Å². The predicted molar refractivity (Wildman–Crippen MR) is 80.6 cm³/mol. The molecule has 21 heavy (non-hydrogen) atoms. The Bertz CT molecular complexity index is 491. The number of hydrogen-bond donors (Lipinski definition) is 1. The smallest absolute Gasteiger partial charge is 0.331 e. The molecule has 2 atom stereocenters. The maximum Gasteiger partial charge on any atom is 0.331 e. The summed E-state index contributed by atoms with van der Waals surface area (Å²) in [5, 5.41) is 3.35. The van der Waals surface area contributed by atoms with Gasteiger partial charge in [0.15, 0.2) is 0 Å². The molecule has 5 heteroatoms. The van der Waals surface area contributed by atoms with E-state index in [4.69, 9.17) is 14.2 Å². The molecule has 1 fully saturated rings. The normalized spacial score (nSPS) is 25.2. The van der Waals surface area contributed by atoms with Gasteiger partial charge in [-0.3, -0.25) is 0 Å². The third-order valence-electron chi connectivity index (χ3n) is 4.10. The van der Waals surface area contributed by atoms with Crippen LogP contribution in [0.2, 0.25) is 0 Å². The Kier molecular flexibility index (Phi) is 5.07. The fraction of sp³-hybridized carbons (Fsp3) is 0.562. The number of methoxy groups -OCH3 is 3. The minimum atomic E-state index is -0.762. The number of ether oxygens (including phenoxy) is 3. The van der Waals surface area contributed by atoms with Gasteiger partial charge in [0.2, 0.25) is 0 Å². The van der Waals surface area contributed by atoms with E-state index in [0.717, 1.165) is 24.9 Å². The zero-order valence-corrected chi connectivity index (χ0v) is 12.8. The Balaban J connectivity index is 2.30. The lowest BCUT2D eigenvalue weighted by Gasteiger charge is -2.39. The Morgan fingerprint density at radius 2 is 2.05 bits per heavy atom. The van der Waals surface area contributed by atoms with Gasteiger partial charge < -0.3 is 19.5 Å². The van der Waals surface area contributed by atoms with Gasteiger partial charge >= 0.3 is 5.97 Å². The molecule has 1 saturated carbocycles. The second-order valence-corrected chi connectivity index (χ2v) is 5.35. The average molecular weight is 293 g/mol. The van der Waals surface area contributed by atoms with Crippen molar-refractivity contribution >= 4 is 11.7 Å². The van der Waals surface area contributed by atoms with Crippen LogP contribution in [0.1, 0.15) is 25.7 Å². The average Bonchev–Trinajstić information content (AvgIpc) is 2.54. The third kappa shape index (κ3) is 3.29. The van der Waals surface area contributed by atoms with Crippen molar-refractivity contribution in [2.75, 3.05) is 26.6 Å². The van der Waals surface area contributed by atoms with E-state index in [9.17, 15) is 4.79 Å². The summed E-state index contributed by atoms with van der Waals surface area (Å²) in [6.07, 6.45) is 3.24. The Labute approximate surface area is 125 Å². The number of para-hydroxylation sites is 2. The molecule has 2 rings (SSSR count). The van der Waals surface area contributed by atoms with E-state index in [0.29, 0.717) is 12.2 Å². The molecule has 0 spiro atoms. The van der Waals surface area contributed by atoms with Crippen LogP contribution in [-0.2, 0) is 14.3 Å². The first-order valence-electron chi connectivity index (χ1n) is 7.17. The summed E-state index contributed by atoms with van der Waals surface area (Å²) >= 11 is 0. The van der Waals surface area contributed by atoms with Gasteiger partial charge in [0, 0.05) is 13.5 Å². The molecule has 5 nitrogen and oxygen atoms in total. The highest BCUT2D eigenvalue weighted by Crippen LogP contribution is 2.36. The van der Waals surface area contributed by atoms with E-state index in [2.05, 4.69) is 5.32 Å². The van der Waals surface area contributed by atoms with Crippen molar-refractivity contribution in [3.63, 3.8) is 0 Å². The third-order valence-corrected chi connectivity index (χ3v) is 4.10. The number of benzene rings is 1. The first-order valence-corrected chi connectivity index (χ1v) is 7.17. The number of carbonyl (C=O) groups excluding carboxylic acids is 1. The fourth-order valence-corrected chi connectivity index (χ4v) is 2.98. The van der Waals surface area contributed by atoms with E-state index in [-0.39, 0.29) is 12.1 Å². The lowest BCUT2D eigenvalue weighted by atomic mass is 9.79. The van der Waals surface area contributed by atoms with Gasteiger partial charge in [-0.05, 0) is 31.4 Å². The molecule has 0 aromatic heterocycles. The highest BCUT2D eigenvalue weighted by Gasteiger charge is 2.44. The van der Waals surface area contributed by atoms with Crippen molar-refractivity contribution in [1.29, 1.82) is 0 Å². The predicted octanol–water partition coefficient (Wildman–Crippen LogP) is 2.61. The molecule has 0 heterocycles. The first-order chi connectivity index (χ1) is 10.1. The number of hydrogen-bond acceptors (Lipinski definition) is 5. The summed E-state index contributed by atoms with van der Waals surface area (Å²) in [7, 11) is 4.72. The van der Waals surface area contributed by atoms with E-state index in [1.54, 1.807) is 14.2 Å². The minimum absolute atomic E-state index is 0.0556. The van der Waals surface area contributed by atoms with Gasteiger partial charge in [-0.15, -0.1) is 0 Å². The highest BCUT2D eigenvalue weighted by atomic mass is 16.5. The van der Waals surface area contributed by atoms with E-state index in [1.807, 2.05) is 24.3 Å². The van der Waals surface area contributed by atoms with Gasteiger partial charge in [-0.25, -0.2) is 4.79 Å². The number of rotatable bonds is 5. The van der Waals surface area contributed by atoms with E-state index < -0.39 is 5.54 Å². The zero-order chi connectivity index (χ0) is 15.3. The van der Waals surface area contributed by atoms with Crippen LogP contribution in [0.5, 0.6) is 5.75 Å². The number of nitrogens with one attached hydrogen (secondary N) is 1. The van der Waals surface area contributed by atoms with Crippen LogP contribution in [0.4, 0.5) is 5.69 Å². The molecule has 1 aromatic rings. The maximum atomic E-state index is 12.4. The van der Waals surface area contributed by atoms with Crippen LogP contribution in [0, 0.1) is 0 Å². The van der Waals surface area contributed by atoms with Crippen molar-refractivity contribution < 1.29 is 19.0 Å².